The summed E-state index contributed by atoms with van der Waals surface area (Å²) in [6.07, 6.45) is 2.59. The maximum absolute atomic E-state index is 11.9. The number of rotatable bonds is 6. The van der Waals surface area contributed by atoms with E-state index in [2.05, 4.69) is 10.5 Å². The Morgan fingerprint density at radius 2 is 2.23 bits per heavy atom. The first-order valence-corrected chi connectivity index (χ1v) is 7.62. The standard InChI is InChI=1S/C16H19N3O3/c20-15(17-8-4-10-19-9-3-7-16(19)21)11-13-12-5-1-2-6-14(12)22-18-13/h1-2,5-6H,3-4,7-11H2,(H,17,20). The van der Waals surface area contributed by atoms with Crippen molar-refractivity contribution in [3.05, 3.63) is 30.0 Å². The highest BCUT2D eigenvalue weighted by molar-refractivity contribution is 5.86. The maximum Gasteiger partial charge on any atom is 0.226 e. The van der Waals surface area contributed by atoms with Crippen LogP contribution in [-0.4, -0.2) is 41.5 Å². The predicted octanol–water partition coefficient (Wildman–Crippen LogP) is 1.50. The summed E-state index contributed by atoms with van der Waals surface area (Å²) in [5, 5.41) is 7.69. The Kier molecular flexibility index (Phi) is 4.37. The zero-order valence-corrected chi connectivity index (χ0v) is 12.4. The summed E-state index contributed by atoms with van der Waals surface area (Å²) in [6.45, 7) is 2.13. The largest absolute Gasteiger partial charge is 0.356 e. The van der Waals surface area contributed by atoms with Gasteiger partial charge in [-0.3, -0.25) is 9.59 Å². The van der Waals surface area contributed by atoms with Crippen LogP contribution in [0.4, 0.5) is 0 Å². The summed E-state index contributed by atoms with van der Waals surface area (Å²) < 4.78 is 5.18. The van der Waals surface area contributed by atoms with Crippen LogP contribution in [0.5, 0.6) is 0 Å². The molecule has 3 rings (SSSR count). The summed E-state index contributed by atoms with van der Waals surface area (Å²) >= 11 is 0. The molecule has 2 amide bonds. The first-order chi connectivity index (χ1) is 10.7. The number of carbonyl (C=O) groups excluding carboxylic acids is 2. The Bertz CT molecular complexity index is 680. The summed E-state index contributed by atoms with van der Waals surface area (Å²) in [4.78, 5) is 25.3. The molecular weight excluding hydrogens is 282 g/mol. The Hall–Kier alpha value is -2.37. The molecule has 1 aromatic heterocycles. The fraction of sp³-hybridized carbons (Fsp3) is 0.438. The van der Waals surface area contributed by atoms with Crippen LogP contribution in [0.25, 0.3) is 11.0 Å². The lowest BCUT2D eigenvalue weighted by atomic mass is 10.1. The normalized spacial score (nSPS) is 14.7. The number of carbonyl (C=O) groups is 2. The first-order valence-electron chi connectivity index (χ1n) is 7.62. The smallest absolute Gasteiger partial charge is 0.226 e. The average Bonchev–Trinajstić information content (AvgIpc) is 3.11. The summed E-state index contributed by atoms with van der Waals surface area (Å²) in [6, 6.07) is 7.50. The van der Waals surface area contributed by atoms with E-state index < -0.39 is 0 Å². The van der Waals surface area contributed by atoms with E-state index >= 15 is 0 Å². The van der Waals surface area contributed by atoms with Crippen LogP contribution in [0.2, 0.25) is 0 Å². The van der Waals surface area contributed by atoms with Crippen LogP contribution < -0.4 is 5.32 Å². The number of likely N-dealkylation sites (tertiary alicyclic amines) is 1. The third-order valence-electron chi connectivity index (χ3n) is 3.88. The van der Waals surface area contributed by atoms with Crippen molar-refractivity contribution in [2.75, 3.05) is 19.6 Å². The molecule has 0 aliphatic carbocycles. The predicted molar refractivity (Wildman–Crippen MR) is 81.2 cm³/mol. The molecule has 1 fully saturated rings. The van der Waals surface area contributed by atoms with Gasteiger partial charge < -0.3 is 14.7 Å². The van der Waals surface area contributed by atoms with Crippen molar-refractivity contribution >= 4 is 22.8 Å². The minimum absolute atomic E-state index is 0.0770. The second-order valence-corrected chi connectivity index (χ2v) is 5.49. The number of hydrogen-bond donors (Lipinski definition) is 1. The van der Waals surface area contributed by atoms with Crippen LogP contribution in [0.15, 0.2) is 28.8 Å². The fourth-order valence-electron chi connectivity index (χ4n) is 2.72. The molecule has 0 bridgehead atoms. The second-order valence-electron chi connectivity index (χ2n) is 5.49. The number of nitrogens with one attached hydrogen (secondary N) is 1. The first kappa shape index (κ1) is 14.6. The lowest BCUT2D eigenvalue weighted by molar-refractivity contribution is -0.127. The molecule has 2 heterocycles. The van der Waals surface area contributed by atoms with Gasteiger partial charge in [0.25, 0.3) is 0 Å². The molecule has 6 heteroatoms. The summed E-state index contributed by atoms with van der Waals surface area (Å²) in [5.41, 5.74) is 1.35. The zero-order valence-electron chi connectivity index (χ0n) is 12.4. The molecule has 0 unspecified atom stereocenters. The molecule has 22 heavy (non-hydrogen) atoms. The fourth-order valence-corrected chi connectivity index (χ4v) is 2.72. The van der Waals surface area contributed by atoms with Gasteiger partial charge in [-0.05, 0) is 25.0 Å². The Labute approximate surface area is 128 Å². The van der Waals surface area contributed by atoms with Crippen molar-refractivity contribution in [1.82, 2.24) is 15.4 Å². The van der Waals surface area contributed by atoms with Gasteiger partial charge in [-0.2, -0.15) is 0 Å². The number of aromatic nitrogens is 1. The molecule has 1 N–H and O–H groups in total. The monoisotopic (exact) mass is 301 g/mol. The van der Waals surface area contributed by atoms with E-state index in [1.807, 2.05) is 29.2 Å². The lowest BCUT2D eigenvalue weighted by Crippen LogP contribution is -2.31. The molecule has 0 atom stereocenters. The summed E-state index contributed by atoms with van der Waals surface area (Å²) in [7, 11) is 0. The van der Waals surface area contributed by atoms with Gasteiger partial charge in [0, 0.05) is 31.4 Å². The molecule has 2 aromatic rings. The average molecular weight is 301 g/mol. The molecular formula is C16H19N3O3. The molecule has 0 radical (unpaired) electrons. The molecule has 0 saturated carbocycles. The number of fused-ring (bicyclic) bond motifs is 1. The van der Waals surface area contributed by atoms with E-state index in [9.17, 15) is 9.59 Å². The van der Waals surface area contributed by atoms with E-state index in [4.69, 9.17) is 4.52 Å². The number of benzene rings is 1. The maximum atomic E-state index is 11.9. The molecule has 1 aliphatic heterocycles. The van der Waals surface area contributed by atoms with Gasteiger partial charge in [0.15, 0.2) is 5.58 Å². The van der Waals surface area contributed by atoms with Crippen molar-refractivity contribution in [3.8, 4) is 0 Å². The van der Waals surface area contributed by atoms with Gasteiger partial charge in [0.1, 0.15) is 5.69 Å². The molecule has 1 aromatic carbocycles. The number of amides is 2. The van der Waals surface area contributed by atoms with Crippen LogP contribution in [0.1, 0.15) is 25.0 Å². The van der Waals surface area contributed by atoms with Gasteiger partial charge >= 0.3 is 0 Å². The van der Waals surface area contributed by atoms with Crippen LogP contribution in [0.3, 0.4) is 0 Å². The quantitative estimate of drug-likeness (QED) is 0.820. The highest BCUT2D eigenvalue weighted by Crippen LogP contribution is 2.17. The van der Waals surface area contributed by atoms with E-state index in [0.717, 1.165) is 24.8 Å². The van der Waals surface area contributed by atoms with Crippen molar-refractivity contribution in [1.29, 1.82) is 0 Å². The SMILES string of the molecule is O=C(Cc1noc2ccccc12)NCCCN1CCCC1=O. The van der Waals surface area contributed by atoms with Crippen LogP contribution in [0, 0.1) is 0 Å². The van der Waals surface area contributed by atoms with E-state index in [-0.39, 0.29) is 18.2 Å². The van der Waals surface area contributed by atoms with Gasteiger partial charge in [-0.1, -0.05) is 17.3 Å². The Morgan fingerprint density at radius 1 is 1.36 bits per heavy atom. The number of para-hydroxylation sites is 1. The third-order valence-corrected chi connectivity index (χ3v) is 3.88. The minimum atomic E-state index is -0.0770. The van der Waals surface area contributed by atoms with Crippen molar-refractivity contribution in [2.45, 2.75) is 25.7 Å². The highest BCUT2D eigenvalue weighted by Gasteiger charge is 2.19. The minimum Gasteiger partial charge on any atom is -0.356 e. The number of nitrogens with zero attached hydrogens (tertiary/aromatic N) is 2. The van der Waals surface area contributed by atoms with E-state index in [1.54, 1.807) is 0 Å². The molecule has 1 saturated heterocycles. The van der Waals surface area contributed by atoms with Gasteiger partial charge in [-0.25, -0.2) is 0 Å². The molecule has 0 spiro atoms. The van der Waals surface area contributed by atoms with Crippen LogP contribution >= 0.6 is 0 Å². The Morgan fingerprint density at radius 3 is 3.05 bits per heavy atom. The van der Waals surface area contributed by atoms with Gasteiger partial charge in [0.2, 0.25) is 11.8 Å². The summed E-state index contributed by atoms with van der Waals surface area (Å²) in [5.74, 6) is 0.146. The molecule has 1 aliphatic rings. The number of hydrogen-bond acceptors (Lipinski definition) is 4. The van der Waals surface area contributed by atoms with Gasteiger partial charge in [-0.15, -0.1) is 0 Å². The molecule has 116 valence electrons. The highest BCUT2D eigenvalue weighted by atomic mass is 16.5. The third kappa shape index (κ3) is 3.27. The van der Waals surface area contributed by atoms with Crippen LogP contribution in [-0.2, 0) is 16.0 Å². The van der Waals surface area contributed by atoms with Crippen molar-refractivity contribution < 1.29 is 14.1 Å². The van der Waals surface area contributed by atoms with Crippen molar-refractivity contribution in [2.24, 2.45) is 0 Å². The molecule has 6 nitrogen and oxygen atoms in total. The lowest BCUT2D eigenvalue weighted by Gasteiger charge is -2.15. The Balaban J connectivity index is 1.43. The van der Waals surface area contributed by atoms with Gasteiger partial charge in [0.05, 0.1) is 6.42 Å². The van der Waals surface area contributed by atoms with Crippen molar-refractivity contribution in [3.63, 3.8) is 0 Å². The second kappa shape index (κ2) is 6.60. The van der Waals surface area contributed by atoms with E-state index in [1.165, 1.54) is 0 Å². The topological polar surface area (TPSA) is 75.4 Å². The van der Waals surface area contributed by atoms with E-state index in [0.29, 0.717) is 30.8 Å². The zero-order chi connectivity index (χ0) is 15.4.